The molecule has 1 atom stereocenters. The van der Waals surface area contributed by atoms with Crippen LogP contribution in [-0.2, 0) is 6.42 Å². The third kappa shape index (κ3) is 3.80. The molecule has 0 aromatic carbocycles. The van der Waals surface area contributed by atoms with Crippen LogP contribution in [0.2, 0.25) is 0 Å². The van der Waals surface area contributed by atoms with E-state index in [-0.39, 0.29) is 6.04 Å². The maximum atomic E-state index is 5.77. The van der Waals surface area contributed by atoms with Crippen LogP contribution in [0, 0.1) is 0 Å². The molecule has 3 nitrogen and oxygen atoms in total. The largest absolute Gasteiger partial charge is 0.318 e. The molecule has 82 valence electrons. The summed E-state index contributed by atoms with van der Waals surface area (Å²) in [6, 6.07) is 1.70. The van der Waals surface area contributed by atoms with Crippen molar-refractivity contribution in [3.8, 4) is 0 Å². The fourth-order valence-electron chi connectivity index (χ4n) is 1.37. The van der Waals surface area contributed by atoms with Crippen molar-refractivity contribution in [3.05, 3.63) is 36.4 Å². The van der Waals surface area contributed by atoms with Gasteiger partial charge in [-0.3, -0.25) is 0 Å². The van der Waals surface area contributed by atoms with Crippen LogP contribution in [0.3, 0.4) is 0 Å². The highest BCUT2D eigenvalue weighted by Crippen LogP contribution is 2.08. The molecular weight excluding hydrogens is 186 g/mol. The van der Waals surface area contributed by atoms with Gasteiger partial charge in [0.2, 0.25) is 0 Å². The average Bonchev–Trinajstić information content (AvgIpc) is 2.29. The highest BCUT2D eigenvalue weighted by atomic mass is 14.9. The van der Waals surface area contributed by atoms with Crippen molar-refractivity contribution in [2.24, 2.45) is 5.73 Å². The molecule has 0 aliphatic rings. The fraction of sp³-hybridized carbons (Fsp3) is 0.500. The minimum absolute atomic E-state index is 0.254. The molecule has 0 saturated carbocycles. The summed E-state index contributed by atoms with van der Waals surface area (Å²) in [5.74, 6) is 0.666. The number of nitrogens with zero attached hydrogens (tertiary/aromatic N) is 2. The van der Waals surface area contributed by atoms with Crippen LogP contribution in [0.15, 0.2) is 24.9 Å². The Morgan fingerprint density at radius 2 is 2.33 bits per heavy atom. The zero-order valence-corrected chi connectivity index (χ0v) is 9.32. The number of aromatic nitrogens is 2. The summed E-state index contributed by atoms with van der Waals surface area (Å²) in [6.07, 6.45) is 8.08. The van der Waals surface area contributed by atoms with Crippen molar-refractivity contribution < 1.29 is 0 Å². The van der Waals surface area contributed by atoms with E-state index in [2.05, 4.69) is 23.5 Å². The van der Waals surface area contributed by atoms with Gasteiger partial charge in [-0.1, -0.05) is 25.8 Å². The maximum Gasteiger partial charge on any atom is 0.149 e. The Bertz CT molecular complexity index is 309. The van der Waals surface area contributed by atoms with Gasteiger partial charge in [0.25, 0.3) is 0 Å². The molecule has 0 saturated heterocycles. The SMILES string of the molecule is C=CC(N)c1nccc(CCCCC)n1. The quantitative estimate of drug-likeness (QED) is 0.573. The van der Waals surface area contributed by atoms with Crippen molar-refractivity contribution in [1.82, 2.24) is 9.97 Å². The molecule has 1 rings (SSSR count). The molecule has 0 bridgehead atoms. The number of hydrogen-bond donors (Lipinski definition) is 1. The standard InChI is InChI=1S/C12H19N3/c1-3-5-6-7-10-8-9-14-12(15-10)11(13)4-2/h4,8-9,11H,2-3,5-7,13H2,1H3. The van der Waals surface area contributed by atoms with Gasteiger partial charge in [0, 0.05) is 11.9 Å². The summed E-state index contributed by atoms with van der Waals surface area (Å²) in [5.41, 5.74) is 6.85. The van der Waals surface area contributed by atoms with Crippen LogP contribution in [0.25, 0.3) is 0 Å². The molecule has 15 heavy (non-hydrogen) atoms. The Labute approximate surface area is 91.4 Å². The molecule has 0 fully saturated rings. The van der Waals surface area contributed by atoms with Gasteiger partial charge in [-0.05, 0) is 18.9 Å². The third-order valence-corrected chi connectivity index (χ3v) is 2.32. The minimum atomic E-state index is -0.254. The van der Waals surface area contributed by atoms with Crippen LogP contribution in [-0.4, -0.2) is 9.97 Å². The van der Waals surface area contributed by atoms with Gasteiger partial charge in [0.05, 0.1) is 6.04 Å². The van der Waals surface area contributed by atoms with Gasteiger partial charge in [0.1, 0.15) is 5.82 Å². The zero-order valence-electron chi connectivity index (χ0n) is 9.32. The number of unbranched alkanes of at least 4 members (excludes halogenated alkanes) is 2. The molecule has 0 aliphatic heterocycles. The Kier molecular flexibility index (Phi) is 4.98. The van der Waals surface area contributed by atoms with E-state index < -0.39 is 0 Å². The lowest BCUT2D eigenvalue weighted by Crippen LogP contribution is -2.12. The second-order valence-corrected chi connectivity index (χ2v) is 3.62. The van der Waals surface area contributed by atoms with E-state index >= 15 is 0 Å². The fourth-order valence-corrected chi connectivity index (χ4v) is 1.37. The number of hydrogen-bond acceptors (Lipinski definition) is 3. The molecule has 3 heteroatoms. The summed E-state index contributed by atoms with van der Waals surface area (Å²) in [6.45, 7) is 5.83. The van der Waals surface area contributed by atoms with Gasteiger partial charge in [-0.25, -0.2) is 9.97 Å². The normalized spacial score (nSPS) is 12.4. The molecule has 0 amide bonds. The van der Waals surface area contributed by atoms with E-state index in [0.717, 1.165) is 12.1 Å². The van der Waals surface area contributed by atoms with Gasteiger partial charge in [-0.15, -0.1) is 6.58 Å². The predicted molar refractivity (Wildman–Crippen MR) is 62.4 cm³/mol. The lowest BCUT2D eigenvalue weighted by molar-refractivity contribution is 0.695. The van der Waals surface area contributed by atoms with E-state index in [1.165, 1.54) is 19.3 Å². The average molecular weight is 205 g/mol. The molecule has 1 unspecified atom stereocenters. The van der Waals surface area contributed by atoms with Gasteiger partial charge < -0.3 is 5.73 Å². The monoisotopic (exact) mass is 205 g/mol. The van der Waals surface area contributed by atoms with E-state index in [4.69, 9.17) is 5.73 Å². The van der Waals surface area contributed by atoms with Crippen molar-refractivity contribution in [1.29, 1.82) is 0 Å². The van der Waals surface area contributed by atoms with Gasteiger partial charge >= 0.3 is 0 Å². The Morgan fingerprint density at radius 1 is 1.53 bits per heavy atom. The second kappa shape index (κ2) is 6.30. The first-order chi connectivity index (χ1) is 7.27. The zero-order chi connectivity index (χ0) is 11.1. The second-order valence-electron chi connectivity index (χ2n) is 3.62. The summed E-state index contributed by atoms with van der Waals surface area (Å²) in [4.78, 5) is 8.54. The third-order valence-electron chi connectivity index (χ3n) is 2.32. The van der Waals surface area contributed by atoms with Crippen LogP contribution in [0.5, 0.6) is 0 Å². The van der Waals surface area contributed by atoms with Crippen LogP contribution in [0.1, 0.15) is 43.7 Å². The number of nitrogens with two attached hydrogens (primary N) is 1. The minimum Gasteiger partial charge on any atom is -0.318 e. The van der Waals surface area contributed by atoms with Crippen molar-refractivity contribution in [3.63, 3.8) is 0 Å². The Morgan fingerprint density at radius 3 is 3.00 bits per heavy atom. The summed E-state index contributed by atoms with van der Waals surface area (Å²) in [5, 5.41) is 0. The van der Waals surface area contributed by atoms with Crippen molar-refractivity contribution >= 4 is 0 Å². The molecule has 2 N–H and O–H groups in total. The van der Waals surface area contributed by atoms with E-state index in [9.17, 15) is 0 Å². The first-order valence-corrected chi connectivity index (χ1v) is 5.48. The van der Waals surface area contributed by atoms with Crippen LogP contribution >= 0.6 is 0 Å². The van der Waals surface area contributed by atoms with E-state index in [0.29, 0.717) is 5.82 Å². The topological polar surface area (TPSA) is 51.8 Å². The molecule has 1 aromatic rings. The lowest BCUT2D eigenvalue weighted by Gasteiger charge is -2.06. The molecule has 1 aromatic heterocycles. The van der Waals surface area contributed by atoms with Crippen molar-refractivity contribution in [2.45, 2.75) is 38.6 Å². The summed E-state index contributed by atoms with van der Waals surface area (Å²) < 4.78 is 0. The van der Waals surface area contributed by atoms with Crippen LogP contribution in [0.4, 0.5) is 0 Å². The number of rotatable bonds is 6. The first-order valence-electron chi connectivity index (χ1n) is 5.48. The van der Waals surface area contributed by atoms with Gasteiger partial charge in [0.15, 0.2) is 0 Å². The first kappa shape index (κ1) is 11.9. The van der Waals surface area contributed by atoms with E-state index in [1.807, 2.05) is 6.07 Å². The number of aryl methyl sites for hydroxylation is 1. The smallest absolute Gasteiger partial charge is 0.149 e. The van der Waals surface area contributed by atoms with Crippen LogP contribution < -0.4 is 5.73 Å². The van der Waals surface area contributed by atoms with Crippen molar-refractivity contribution in [2.75, 3.05) is 0 Å². The molecule has 0 spiro atoms. The highest BCUT2D eigenvalue weighted by Gasteiger charge is 2.05. The molecule has 1 heterocycles. The Hall–Kier alpha value is -1.22. The lowest BCUT2D eigenvalue weighted by atomic mass is 10.1. The Balaban J connectivity index is 2.61. The van der Waals surface area contributed by atoms with E-state index in [1.54, 1.807) is 12.3 Å². The molecule has 0 radical (unpaired) electrons. The molecular formula is C12H19N3. The summed E-state index contributed by atoms with van der Waals surface area (Å²) >= 11 is 0. The highest BCUT2D eigenvalue weighted by molar-refractivity contribution is 5.08. The predicted octanol–water partition coefficient (Wildman–Crippen LogP) is 2.40. The van der Waals surface area contributed by atoms with Gasteiger partial charge in [-0.2, -0.15) is 0 Å². The summed E-state index contributed by atoms with van der Waals surface area (Å²) in [7, 11) is 0. The molecule has 0 aliphatic carbocycles. The maximum absolute atomic E-state index is 5.77.